The lowest BCUT2D eigenvalue weighted by atomic mass is 9.87. The van der Waals surface area contributed by atoms with Gasteiger partial charge in [-0.05, 0) is 24.0 Å². The van der Waals surface area contributed by atoms with Crippen LogP contribution in [0.4, 0.5) is 5.69 Å². The number of para-hydroxylation sites is 1. The van der Waals surface area contributed by atoms with Crippen LogP contribution in [0.25, 0.3) is 0 Å². The van der Waals surface area contributed by atoms with E-state index in [2.05, 4.69) is 84.5 Å². The predicted octanol–water partition coefficient (Wildman–Crippen LogP) is 2.92. The summed E-state index contributed by atoms with van der Waals surface area (Å²) in [6.45, 7) is 10.6. The molecule has 0 saturated carbocycles. The van der Waals surface area contributed by atoms with Crippen molar-refractivity contribution >= 4 is 11.6 Å². The van der Waals surface area contributed by atoms with E-state index < -0.39 is 0 Å². The molecule has 0 saturated heterocycles. The first-order valence-electron chi connectivity index (χ1n) is 7.53. The van der Waals surface area contributed by atoms with Crippen LogP contribution in [-0.2, 0) is 0 Å². The molecule has 0 spiro atoms. The summed E-state index contributed by atoms with van der Waals surface area (Å²) >= 11 is 0. The quantitative estimate of drug-likeness (QED) is 0.860. The molecule has 1 N–H and O–H groups in total. The van der Waals surface area contributed by atoms with Crippen molar-refractivity contribution in [2.75, 3.05) is 18.1 Å². The van der Waals surface area contributed by atoms with Crippen molar-refractivity contribution in [3.8, 4) is 0 Å². The van der Waals surface area contributed by atoms with Gasteiger partial charge in [0.25, 0.3) is 0 Å². The van der Waals surface area contributed by atoms with Crippen LogP contribution in [0.5, 0.6) is 0 Å². The normalized spacial score (nSPS) is 21.7. The average Bonchev–Trinajstić information content (AvgIpc) is 3.07. The highest BCUT2D eigenvalue weighted by Gasteiger charge is 2.31. The van der Waals surface area contributed by atoms with Gasteiger partial charge in [0.1, 0.15) is 6.67 Å². The first-order valence-corrected chi connectivity index (χ1v) is 7.53. The molecular formula is C17H24N4. The molecule has 2 aliphatic heterocycles. The maximum absolute atomic E-state index is 4.67. The molecular weight excluding hydrogens is 260 g/mol. The summed E-state index contributed by atoms with van der Waals surface area (Å²) in [6, 6.07) is 8.87. The Kier molecular flexibility index (Phi) is 3.40. The summed E-state index contributed by atoms with van der Waals surface area (Å²) in [5.74, 6) is 0.988. The van der Waals surface area contributed by atoms with Crippen LogP contribution in [0.2, 0.25) is 0 Å². The minimum Gasteiger partial charge on any atom is -0.351 e. The molecule has 0 aliphatic carbocycles. The lowest BCUT2D eigenvalue weighted by Crippen LogP contribution is -2.46. The monoisotopic (exact) mass is 284 g/mol. The lowest BCUT2D eigenvalue weighted by Gasteiger charge is -2.28. The fourth-order valence-corrected chi connectivity index (χ4v) is 2.69. The third kappa shape index (κ3) is 2.75. The highest BCUT2D eigenvalue weighted by atomic mass is 15.4. The zero-order chi connectivity index (χ0) is 15.0. The second-order valence-electron chi connectivity index (χ2n) is 6.89. The molecule has 21 heavy (non-hydrogen) atoms. The first-order chi connectivity index (χ1) is 9.95. The fraction of sp³-hybridized carbons (Fsp3) is 0.471. The number of benzene rings is 1. The zero-order valence-corrected chi connectivity index (χ0v) is 13.3. The summed E-state index contributed by atoms with van der Waals surface area (Å²) in [5, 5.41) is 3.56. The molecule has 0 amide bonds. The number of nitrogens with one attached hydrogen (secondary N) is 1. The Balaban J connectivity index is 1.67. The Hall–Kier alpha value is -1.97. The molecule has 4 nitrogen and oxygen atoms in total. The summed E-state index contributed by atoms with van der Waals surface area (Å²) in [6.07, 6.45) is 4.22. The predicted molar refractivity (Wildman–Crippen MR) is 88.2 cm³/mol. The Morgan fingerprint density at radius 1 is 1.14 bits per heavy atom. The number of hydrogen-bond donors (Lipinski definition) is 1. The first kappa shape index (κ1) is 14.0. The number of hydrogen-bond acceptors (Lipinski definition) is 4. The molecule has 112 valence electrons. The van der Waals surface area contributed by atoms with Crippen molar-refractivity contribution in [1.82, 2.24) is 10.2 Å². The van der Waals surface area contributed by atoms with Gasteiger partial charge in [-0.25, -0.2) is 0 Å². The number of guanidine groups is 1. The van der Waals surface area contributed by atoms with Crippen LogP contribution in [-0.4, -0.2) is 30.1 Å². The van der Waals surface area contributed by atoms with Crippen LogP contribution in [0.15, 0.2) is 41.7 Å². The van der Waals surface area contributed by atoms with Crippen molar-refractivity contribution in [2.24, 2.45) is 10.4 Å². The molecule has 0 aromatic heterocycles. The van der Waals surface area contributed by atoms with Gasteiger partial charge in [0, 0.05) is 18.1 Å². The molecule has 1 atom stereocenters. The van der Waals surface area contributed by atoms with Crippen LogP contribution < -0.4 is 10.2 Å². The molecule has 1 aromatic carbocycles. The summed E-state index contributed by atoms with van der Waals surface area (Å²) in [4.78, 5) is 9.10. The minimum atomic E-state index is 0.227. The highest BCUT2D eigenvalue weighted by Crippen LogP contribution is 2.25. The van der Waals surface area contributed by atoms with Gasteiger partial charge in [-0.2, -0.15) is 0 Å². The van der Waals surface area contributed by atoms with Crippen molar-refractivity contribution in [1.29, 1.82) is 0 Å². The van der Waals surface area contributed by atoms with E-state index in [0.29, 0.717) is 6.04 Å². The number of aryl methyl sites for hydroxylation is 1. The number of rotatable bonds is 1. The Morgan fingerprint density at radius 2 is 1.86 bits per heavy atom. The summed E-state index contributed by atoms with van der Waals surface area (Å²) in [7, 11) is 0. The zero-order valence-electron chi connectivity index (χ0n) is 13.3. The van der Waals surface area contributed by atoms with Gasteiger partial charge in [0.05, 0.1) is 12.6 Å². The average molecular weight is 284 g/mol. The summed E-state index contributed by atoms with van der Waals surface area (Å²) in [5.41, 5.74) is 2.77. The van der Waals surface area contributed by atoms with Gasteiger partial charge in [0.2, 0.25) is 0 Å². The van der Waals surface area contributed by atoms with Gasteiger partial charge in [-0.15, -0.1) is 0 Å². The van der Waals surface area contributed by atoms with E-state index in [1.807, 2.05) is 0 Å². The Morgan fingerprint density at radius 3 is 2.52 bits per heavy atom. The Bertz CT molecular complexity index is 583. The van der Waals surface area contributed by atoms with Gasteiger partial charge < -0.3 is 10.2 Å². The lowest BCUT2D eigenvalue weighted by molar-refractivity contribution is 0.311. The van der Waals surface area contributed by atoms with Gasteiger partial charge >= 0.3 is 0 Å². The van der Waals surface area contributed by atoms with Crippen LogP contribution >= 0.6 is 0 Å². The second kappa shape index (κ2) is 5.10. The number of anilines is 1. The maximum Gasteiger partial charge on any atom is 0.199 e. The molecule has 1 aromatic rings. The highest BCUT2D eigenvalue weighted by molar-refractivity contribution is 5.84. The topological polar surface area (TPSA) is 30.9 Å². The molecule has 0 unspecified atom stereocenters. The standard InChI is InChI=1S/C17H24N4/c1-13-7-5-6-8-14(13)20-9-10-21(12-20)16-18-11-15(19-16)17(2,3)4/h5-10,15H,11-12H2,1-4H3,(H,18,19)/t15-/m1/s1. The van der Waals surface area contributed by atoms with E-state index >= 15 is 0 Å². The maximum atomic E-state index is 4.67. The molecule has 0 radical (unpaired) electrons. The molecule has 3 rings (SSSR count). The molecule has 0 bridgehead atoms. The fourth-order valence-electron chi connectivity index (χ4n) is 2.69. The smallest absolute Gasteiger partial charge is 0.199 e. The third-order valence-electron chi connectivity index (χ3n) is 4.20. The van der Waals surface area contributed by atoms with E-state index in [0.717, 1.165) is 19.2 Å². The van der Waals surface area contributed by atoms with E-state index in [-0.39, 0.29) is 5.41 Å². The molecule has 2 heterocycles. The molecule has 0 fully saturated rings. The van der Waals surface area contributed by atoms with Crippen molar-refractivity contribution in [2.45, 2.75) is 33.7 Å². The number of aliphatic imine (C=N–C) groups is 1. The van der Waals surface area contributed by atoms with E-state index in [4.69, 9.17) is 0 Å². The Labute approximate surface area is 127 Å². The largest absolute Gasteiger partial charge is 0.351 e. The van der Waals surface area contributed by atoms with E-state index in [1.54, 1.807) is 0 Å². The van der Waals surface area contributed by atoms with Crippen molar-refractivity contribution < 1.29 is 0 Å². The van der Waals surface area contributed by atoms with Gasteiger partial charge in [0.15, 0.2) is 5.96 Å². The molecule has 4 heteroatoms. The second-order valence-corrected chi connectivity index (χ2v) is 6.89. The van der Waals surface area contributed by atoms with E-state index in [9.17, 15) is 0 Å². The van der Waals surface area contributed by atoms with Crippen LogP contribution in [0, 0.1) is 12.3 Å². The van der Waals surface area contributed by atoms with Crippen molar-refractivity contribution in [3.05, 3.63) is 42.2 Å². The minimum absolute atomic E-state index is 0.227. The molecule has 2 aliphatic rings. The van der Waals surface area contributed by atoms with Gasteiger partial charge in [-0.3, -0.25) is 9.89 Å². The van der Waals surface area contributed by atoms with Crippen molar-refractivity contribution in [3.63, 3.8) is 0 Å². The van der Waals surface area contributed by atoms with Crippen LogP contribution in [0.3, 0.4) is 0 Å². The SMILES string of the molecule is Cc1ccccc1N1C=CN(C2=NC[C@H](C(C)(C)C)N2)C1. The van der Waals surface area contributed by atoms with Gasteiger partial charge in [-0.1, -0.05) is 39.0 Å². The van der Waals surface area contributed by atoms with Crippen LogP contribution in [0.1, 0.15) is 26.3 Å². The number of nitrogens with zero attached hydrogens (tertiary/aromatic N) is 3. The van der Waals surface area contributed by atoms with E-state index in [1.165, 1.54) is 11.3 Å². The summed E-state index contributed by atoms with van der Waals surface area (Å²) < 4.78 is 0. The third-order valence-corrected chi connectivity index (χ3v) is 4.20.